The Hall–Kier alpha value is -2.92. The molecule has 1 saturated carbocycles. The SMILES string of the molecule is O=C(C=Cc1cccc(-c2nc3ccccc3n2C2CCCCC2)c1)NO. The van der Waals surface area contributed by atoms with Gasteiger partial charge in [0, 0.05) is 17.7 Å². The predicted molar refractivity (Wildman–Crippen MR) is 106 cm³/mol. The highest BCUT2D eigenvalue weighted by Crippen LogP contribution is 2.36. The minimum atomic E-state index is -0.546. The molecular weight excluding hydrogens is 338 g/mol. The van der Waals surface area contributed by atoms with Crippen LogP contribution in [0.3, 0.4) is 0 Å². The van der Waals surface area contributed by atoms with E-state index in [1.54, 1.807) is 11.6 Å². The molecular formula is C22H23N3O2. The number of para-hydroxylation sites is 2. The van der Waals surface area contributed by atoms with Crippen molar-refractivity contribution in [2.45, 2.75) is 38.1 Å². The lowest BCUT2D eigenvalue weighted by Crippen LogP contribution is -2.14. The molecule has 5 nitrogen and oxygen atoms in total. The Morgan fingerprint density at radius 2 is 1.93 bits per heavy atom. The van der Waals surface area contributed by atoms with Gasteiger partial charge in [0.25, 0.3) is 5.91 Å². The lowest BCUT2D eigenvalue weighted by molar-refractivity contribution is -0.124. The van der Waals surface area contributed by atoms with E-state index in [0.717, 1.165) is 22.5 Å². The quantitative estimate of drug-likeness (QED) is 0.401. The van der Waals surface area contributed by atoms with Crippen molar-refractivity contribution in [2.24, 2.45) is 0 Å². The van der Waals surface area contributed by atoms with Crippen molar-refractivity contribution in [1.82, 2.24) is 15.0 Å². The highest BCUT2D eigenvalue weighted by atomic mass is 16.5. The van der Waals surface area contributed by atoms with Crippen LogP contribution >= 0.6 is 0 Å². The van der Waals surface area contributed by atoms with Crippen LogP contribution in [0.4, 0.5) is 0 Å². The van der Waals surface area contributed by atoms with Gasteiger partial charge in [-0.1, -0.05) is 49.6 Å². The van der Waals surface area contributed by atoms with Crippen molar-refractivity contribution in [3.05, 3.63) is 60.2 Å². The molecule has 0 saturated heterocycles. The molecule has 5 heteroatoms. The molecule has 0 radical (unpaired) electrons. The van der Waals surface area contributed by atoms with Crippen molar-refractivity contribution >= 4 is 23.0 Å². The molecule has 2 N–H and O–H groups in total. The third-order valence-corrected chi connectivity index (χ3v) is 5.22. The van der Waals surface area contributed by atoms with E-state index >= 15 is 0 Å². The Bertz CT molecular complexity index is 984. The second kappa shape index (κ2) is 7.76. The van der Waals surface area contributed by atoms with Crippen LogP contribution in [0.25, 0.3) is 28.5 Å². The summed E-state index contributed by atoms with van der Waals surface area (Å²) < 4.78 is 2.40. The summed E-state index contributed by atoms with van der Waals surface area (Å²) in [6.07, 6.45) is 9.19. The summed E-state index contributed by atoms with van der Waals surface area (Å²) in [7, 11) is 0. The normalized spacial score (nSPS) is 15.4. The van der Waals surface area contributed by atoms with E-state index in [4.69, 9.17) is 10.2 Å². The maximum Gasteiger partial charge on any atom is 0.267 e. The van der Waals surface area contributed by atoms with Gasteiger partial charge in [0.2, 0.25) is 0 Å². The van der Waals surface area contributed by atoms with E-state index in [1.165, 1.54) is 43.7 Å². The van der Waals surface area contributed by atoms with E-state index in [-0.39, 0.29) is 0 Å². The molecule has 0 atom stereocenters. The second-order valence-electron chi connectivity index (χ2n) is 7.02. The van der Waals surface area contributed by atoms with Gasteiger partial charge in [-0.25, -0.2) is 10.5 Å². The van der Waals surface area contributed by atoms with Crippen LogP contribution < -0.4 is 5.48 Å². The number of carbonyl (C=O) groups is 1. The van der Waals surface area contributed by atoms with Crippen molar-refractivity contribution in [1.29, 1.82) is 0 Å². The monoisotopic (exact) mass is 361 g/mol. The number of carbonyl (C=O) groups excluding carboxylic acids is 1. The van der Waals surface area contributed by atoms with Crippen molar-refractivity contribution < 1.29 is 10.0 Å². The van der Waals surface area contributed by atoms with Crippen molar-refractivity contribution in [2.75, 3.05) is 0 Å². The Labute approximate surface area is 158 Å². The molecule has 138 valence electrons. The minimum absolute atomic E-state index is 0.473. The lowest BCUT2D eigenvalue weighted by atomic mass is 9.94. The zero-order valence-electron chi connectivity index (χ0n) is 15.1. The highest BCUT2D eigenvalue weighted by Gasteiger charge is 2.22. The fourth-order valence-corrected chi connectivity index (χ4v) is 3.95. The Morgan fingerprint density at radius 3 is 2.74 bits per heavy atom. The zero-order valence-corrected chi connectivity index (χ0v) is 15.1. The average molecular weight is 361 g/mol. The molecule has 0 bridgehead atoms. The first-order chi connectivity index (χ1) is 13.3. The summed E-state index contributed by atoms with van der Waals surface area (Å²) in [5.74, 6) is 0.430. The molecule has 4 rings (SSSR count). The van der Waals surface area contributed by atoms with E-state index < -0.39 is 5.91 Å². The van der Waals surface area contributed by atoms with Gasteiger partial charge in [-0.2, -0.15) is 0 Å². The number of benzene rings is 2. The Balaban J connectivity index is 1.79. The first-order valence-corrected chi connectivity index (χ1v) is 9.46. The number of amides is 1. The number of hydrogen-bond acceptors (Lipinski definition) is 3. The maximum absolute atomic E-state index is 11.3. The number of fused-ring (bicyclic) bond motifs is 1. The Kier molecular flexibility index (Phi) is 5.03. The molecule has 1 fully saturated rings. The van der Waals surface area contributed by atoms with Crippen LogP contribution in [0.2, 0.25) is 0 Å². The highest BCUT2D eigenvalue weighted by molar-refractivity contribution is 5.91. The minimum Gasteiger partial charge on any atom is -0.321 e. The molecule has 1 aliphatic rings. The number of rotatable bonds is 4. The van der Waals surface area contributed by atoms with Gasteiger partial charge in [0.15, 0.2) is 0 Å². The molecule has 1 aliphatic carbocycles. The van der Waals surface area contributed by atoms with Gasteiger partial charge in [0.1, 0.15) is 5.82 Å². The number of nitrogens with one attached hydrogen (secondary N) is 1. The number of hydroxylamine groups is 1. The van der Waals surface area contributed by atoms with Gasteiger partial charge < -0.3 is 4.57 Å². The van der Waals surface area contributed by atoms with Gasteiger partial charge >= 0.3 is 0 Å². The fourth-order valence-electron chi connectivity index (χ4n) is 3.95. The summed E-state index contributed by atoms with van der Waals surface area (Å²) >= 11 is 0. The molecule has 0 aliphatic heterocycles. The molecule has 1 aromatic heterocycles. The second-order valence-corrected chi connectivity index (χ2v) is 7.02. The topological polar surface area (TPSA) is 67.2 Å². The molecule has 0 unspecified atom stereocenters. The molecule has 27 heavy (non-hydrogen) atoms. The fraction of sp³-hybridized carbons (Fsp3) is 0.273. The standard InChI is InChI=1S/C22H23N3O2/c26-21(24-27)14-13-16-7-6-8-17(15-16)22-23-19-11-4-5-12-20(19)25(22)18-9-2-1-3-10-18/h4-8,11-15,18,27H,1-3,9-10H2,(H,24,26). The third kappa shape index (κ3) is 3.64. The van der Waals surface area contributed by atoms with E-state index in [0.29, 0.717) is 6.04 Å². The van der Waals surface area contributed by atoms with Crippen molar-refractivity contribution in [3.8, 4) is 11.4 Å². The summed E-state index contributed by atoms with van der Waals surface area (Å²) in [5, 5.41) is 8.64. The first-order valence-electron chi connectivity index (χ1n) is 9.46. The summed E-state index contributed by atoms with van der Waals surface area (Å²) in [5.41, 5.74) is 5.72. The smallest absolute Gasteiger partial charge is 0.267 e. The molecule has 2 aromatic carbocycles. The van der Waals surface area contributed by atoms with Crippen molar-refractivity contribution in [3.63, 3.8) is 0 Å². The lowest BCUT2D eigenvalue weighted by Gasteiger charge is -2.25. The molecule has 0 spiro atoms. The summed E-state index contributed by atoms with van der Waals surface area (Å²) in [4.78, 5) is 16.2. The summed E-state index contributed by atoms with van der Waals surface area (Å²) in [6, 6.07) is 16.8. The molecule has 3 aromatic rings. The van der Waals surface area contributed by atoms with E-state index in [2.05, 4.69) is 28.8 Å². The number of imidazole rings is 1. The van der Waals surface area contributed by atoms with Crippen LogP contribution in [0.15, 0.2) is 54.6 Å². The average Bonchev–Trinajstić information content (AvgIpc) is 3.12. The van der Waals surface area contributed by atoms with Gasteiger partial charge in [-0.15, -0.1) is 0 Å². The predicted octanol–water partition coefficient (Wildman–Crippen LogP) is 4.73. The van der Waals surface area contributed by atoms with E-state index in [1.807, 2.05) is 24.3 Å². The largest absolute Gasteiger partial charge is 0.321 e. The zero-order chi connectivity index (χ0) is 18.6. The van der Waals surface area contributed by atoms with Crippen LogP contribution in [0.5, 0.6) is 0 Å². The van der Waals surface area contributed by atoms with Gasteiger partial charge in [-0.05, 0) is 42.7 Å². The number of aromatic nitrogens is 2. The third-order valence-electron chi connectivity index (χ3n) is 5.22. The van der Waals surface area contributed by atoms with Gasteiger partial charge in [0.05, 0.1) is 11.0 Å². The van der Waals surface area contributed by atoms with Crippen LogP contribution in [-0.2, 0) is 4.79 Å². The first kappa shape index (κ1) is 17.5. The van der Waals surface area contributed by atoms with Crippen LogP contribution in [0.1, 0.15) is 43.7 Å². The summed E-state index contributed by atoms with van der Waals surface area (Å²) in [6.45, 7) is 0. The number of hydrogen-bond donors (Lipinski definition) is 2. The van der Waals surface area contributed by atoms with Crippen LogP contribution in [-0.4, -0.2) is 20.7 Å². The number of nitrogens with zero attached hydrogens (tertiary/aromatic N) is 2. The molecule has 1 amide bonds. The molecule has 1 heterocycles. The maximum atomic E-state index is 11.3. The van der Waals surface area contributed by atoms with E-state index in [9.17, 15) is 4.79 Å². The Morgan fingerprint density at radius 1 is 1.11 bits per heavy atom. The van der Waals surface area contributed by atoms with Gasteiger partial charge in [-0.3, -0.25) is 10.0 Å². The van der Waals surface area contributed by atoms with Crippen LogP contribution in [0, 0.1) is 0 Å².